The highest BCUT2D eigenvalue weighted by Crippen LogP contribution is 2.08. The van der Waals surface area contributed by atoms with Gasteiger partial charge in [0.05, 0.1) is 0 Å². The predicted molar refractivity (Wildman–Crippen MR) is 37.7 cm³/mol. The molecule has 4 nitrogen and oxygen atoms in total. The summed E-state index contributed by atoms with van der Waals surface area (Å²) in [6, 6.07) is 0. The highest BCUT2D eigenvalue weighted by Gasteiger charge is 2.28. The van der Waals surface area contributed by atoms with E-state index < -0.39 is 5.97 Å². The summed E-state index contributed by atoms with van der Waals surface area (Å²) >= 11 is 0. The van der Waals surface area contributed by atoms with Crippen LogP contribution in [0.2, 0.25) is 0 Å². The molecule has 0 amide bonds. The lowest BCUT2D eigenvalue weighted by Gasteiger charge is -2.03. The van der Waals surface area contributed by atoms with Crippen molar-refractivity contribution in [1.29, 1.82) is 0 Å². The highest BCUT2D eigenvalue weighted by atomic mass is 16.5. The van der Waals surface area contributed by atoms with Gasteiger partial charge < -0.3 is 9.64 Å². The quantitative estimate of drug-likeness (QED) is 0.292. The molecular weight excluding hydrogens is 146 g/mol. The maximum Gasteiger partial charge on any atom is 0.343 e. The van der Waals surface area contributed by atoms with Crippen molar-refractivity contribution in [2.24, 2.45) is 0 Å². The Morgan fingerprint density at radius 1 is 1.45 bits per heavy atom. The Morgan fingerprint density at radius 2 is 2.09 bits per heavy atom. The number of nitrogens with zero attached hydrogens (tertiary/aromatic N) is 1. The van der Waals surface area contributed by atoms with Crippen molar-refractivity contribution >= 4 is 11.8 Å². The molecule has 0 aromatic heterocycles. The molecule has 0 radical (unpaired) electrons. The highest BCUT2D eigenvalue weighted by molar-refractivity contribution is 6.21. The van der Waals surface area contributed by atoms with Crippen LogP contribution in [0, 0.1) is 0 Å². The number of ether oxygens (including phenoxy) is 1. The molecule has 0 unspecified atom stereocenters. The fourth-order valence-corrected chi connectivity index (χ4v) is 0.783. The smallest absolute Gasteiger partial charge is 0.343 e. The van der Waals surface area contributed by atoms with Crippen LogP contribution in [0.3, 0.4) is 0 Å². The first-order chi connectivity index (χ1) is 5.11. The molecule has 0 aromatic rings. The molecule has 1 rings (SSSR count). The standard InChI is InChI=1S/C7H9NO3/c1-8(2)3-5-6(9)4-11-7(5)10/h3H,4H2,1-2H3/b5-3-. The minimum absolute atomic E-state index is 0.113. The van der Waals surface area contributed by atoms with E-state index in [0.717, 1.165) is 0 Å². The fraction of sp³-hybridized carbons (Fsp3) is 0.429. The summed E-state index contributed by atoms with van der Waals surface area (Å²) in [7, 11) is 3.48. The summed E-state index contributed by atoms with van der Waals surface area (Å²) < 4.78 is 4.50. The topological polar surface area (TPSA) is 46.6 Å². The van der Waals surface area contributed by atoms with Gasteiger partial charge in [0.1, 0.15) is 5.57 Å². The zero-order chi connectivity index (χ0) is 8.43. The third kappa shape index (κ3) is 1.58. The van der Waals surface area contributed by atoms with Crippen molar-refractivity contribution in [2.45, 2.75) is 0 Å². The minimum atomic E-state index is -0.524. The lowest BCUT2D eigenvalue weighted by atomic mass is 10.2. The van der Waals surface area contributed by atoms with E-state index in [1.165, 1.54) is 6.20 Å². The molecular formula is C7H9NO3. The molecule has 0 bridgehead atoms. The summed E-state index contributed by atoms with van der Waals surface area (Å²) in [5.74, 6) is -0.771. The number of rotatable bonds is 1. The summed E-state index contributed by atoms with van der Waals surface area (Å²) in [6.07, 6.45) is 1.47. The van der Waals surface area contributed by atoms with E-state index in [4.69, 9.17) is 0 Å². The molecule has 4 heteroatoms. The number of carbonyl (C=O) groups excluding carboxylic acids is 2. The molecule has 0 spiro atoms. The lowest BCUT2D eigenvalue weighted by molar-refractivity contribution is -0.135. The van der Waals surface area contributed by atoms with E-state index >= 15 is 0 Å². The van der Waals surface area contributed by atoms with Crippen molar-refractivity contribution in [1.82, 2.24) is 4.90 Å². The van der Waals surface area contributed by atoms with E-state index in [9.17, 15) is 9.59 Å². The largest absolute Gasteiger partial charge is 0.454 e. The number of cyclic esters (lactones) is 1. The Hall–Kier alpha value is -1.32. The van der Waals surface area contributed by atoms with Gasteiger partial charge >= 0.3 is 5.97 Å². The second-order valence-corrected chi connectivity index (χ2v) is 2.51. The Balaban J connectivity index is 2.84. The first-order valence-corrected chi connectivity index (χ1v) is 3.20. The van der Waals surface area contributed by atoms with Crippen molar-refractivity contribution in [2.75, 3.05) is 20.7 Å². The number of esters is 1. The molecule has 1 aliphatic heterocycles. The number of carbonyl (C=O) groups is 2. The van der Waals surface area contributed by atoms with Crippen LogP contribution in [0.1, 0.15) is 0 Å². The van der Waals surface area contributed by atoms with E-state index in [1.54, 1.807) is 19.0 Å². The maximum absolute atomic E-state index is 10.9. The molecule has 1 heterocycles. The summed E-state index contributed by atoms with van der Waals surface area (Å²) in [4.78, 5) is 23.3. The van der Waals surface area contributed by atoms with Crippen LogP contribution in [0.4, 0.5) is 0 Å². The normalized spacial score (nSPS) is 20.7. The van der Waals surface area contributed by atoms with Crippen LogP contribution in [-0.4, -0.2) is 37.4 Å². The Kier molecular flexibility index (Phi) is 1.94. The van der Waals surface area contributed by atoms with Gasteiger partial charge in [-0.25, -0.2) is 4.79 Å². The minimum Gasteiger partial charge on any atom is -0.454 e. The lowest BCUT2D eigenvalue weighted by Crippen LogP contribution is -2.09. The van der Waals surface area contributed by atoms with Crippen molar-refractivity contribution < 1.29 is 14.3 Å². The average molecular weight is 155 g/mol. The molecule has 1 aliphatic rings. The van der Waals surface area contributed by atoms with E-state index in [-0.39, 0.29) is 18.0 Å². The van der Waals surface area contributed by atoms with Crippen LogP contribution in [0.15, 0.2) is 11.8 Å². The summed E-state index contributed by atoms with van der Waals surface area (Å²) in [5, 5.41) is 0. The Labute approximate surface area is 64.4 Å². The van der Waals surface area contributed by atoms with Crippen molar-refractivity contribution in [3.05, 3.63) is 11.8 Å². The van der Waals surface area contributed by atoms with Gasteiger partial charge in [-0.2, -0.15) is 0 Å². The van der Waals surface area contributed by atoms with Gasteiger partial charge in [0.15, 0.2) is 6.61 Å². The monoisotopic (exact) mass is 155 g/mol. The number of ketones is 1. The van der Waals surface area contributed by atoms with Crippen molar-refractivity contribution in [3.8, 4) is 0 Å². The SMILES string of the molecule is CN(C)/C=C1/C(=O)COC1=O. The summed E-state index contributed by atoms with van der Waals surface area (Å²) in [6.45, 7) is -0.113. The Morgan fingerprint density at radius 3 is 2.45 bits per heavy atom. The second-order valence-electron chi connectivity index (χ2n) is 2.51. The molecule has 0 aromatic carbocycles. The molecule has 0 N–H and O–H groups in total. The third-order valence-corrected chi connectivity index (χ3v) is 1.24. The maximum atomic E-state index is 10.9. The molecule has 0 aliphatic carbocycles. The first-order valence-electron chi connectivity index (χ1n) is 3.20. The molecule has 1 saturated heterocycles. The van der Waals surface area contributed by atoms with Gasteiger partial charge in [-0.05, 0) is 0 Å². The van der Waals surface area contributed by atoms with Gasteiger partial charge in [0.2, 0.25) is 5.78 Å². The van der Waals surface area contributed by atoms with Crippen molar-refractivity contribution in [3.63, 3.8) is 0 Å². The van der Waals surface area contributed by atoms with E-state index in [0.29, 0.717) is 0 Å². The second kappa shape index (κ2) is 2.74. The predicted octanol–water partition coefficient (Wildman–Crippen LogP) is -0.442. The van der Waals surface area contributed by atoms with Crippen LogP contribution in [-0.2, 0) is 14.3 Å². The molecule has 0 saturated carbocycles. The molecule has 11 heavy (non-hydrogen) atoms. The number of hydrogen-bond donors (Lipinski definition) is 0. The number of Topliss-reactive ketones (excluding diaryl/α,β-unsaturated/α-hetero) is 1. The van der Waals surface area contributed by atoms with E-state index in [1.807, 2.05) is 0 Å². The zero-order valence-corrected chi connectivity index (χ0v) is 6.46. The number of hydrogen-bond acceptors (Lipinski definition) is 4. The zero-order valence-electron chi connectivity index (χ0n) is 6.46. The van der Waals surface area contributed by atoms with Crippen LogP contribution < -0.4 is 0 Å². The van der Waals surface area contributed by atoms with Crippen LogP contribution in [0.25, 0.3) is 0 Å². The van der Waals surface area contributed by atoms with Gasteiger partial charge in [-0.15, -0.1) is 0 Å². The van der Waals surface area contributed by atoms with Gasteiger partial charge in [-0.3, -0.25) is 4.79 Å². The van der Waals surface area contributed by atoms with Gasteiger partial charge in [0, 0.05) is 20.3 Å². The average Bonchev–Trinajstić information content (AvgIpc) is 2.18. The molecule has 1 fully saturated rings. The summed E-state index contributed by atoms with van der Waals surface area (Å²) in [5.41, 5.74) is 0.134. The van der Waals surface area contributed by atoms with Crippen LogP contribution >= 0.6 is 0 Å². The van der Waals surface area contributed by atoms with Gasteiger partial charge in [0.25, 0.3) is 0 Å². The molecule has 0 atom stereocenters. The fourth-order valence-electron chi connectivity index (χ4n) is 0.783. The first kappa shape index (κ1) is 7.78. The van der Waals surface area contributed by atoms with Crippen LogP contribution in [0.5, 0.6) is 0 Å². The molecule has 60 valence electrons. The van der Waals surface area contributed by atoms with Gasteiger partial charge in [-0.1, -0.05) is 0 Å². The Bertz CT molecular complexity index is 212. The van der Waals surface area contributed by atoms with E-state index in [2.05, 4.69) is 4.74 Å². The third-order valence-electron chi connectivity index (χ3n) is 1.24.